The molecule has 1 amide bonds. The molecule has 1 aliphatic rings. The van der Waals surface area contributed by atoms with Gasteiger partial charge in [-0.25, -0.2) is 15.2 Å². The van der Waals surface area contributed by atoms with E-state index in [1.54, 1.807) is 18.2 Å². The van der Waals surface area contributed by atoms with Crippen LogP contribution in [-0.2, 0) is 4.79 Å². The van der Waals surface area contributed by atoms with Crippen LogP contribution >= 0.6 is 11.6 Å². The topological polar surface area (TPSA) is 79.8 Å². The number of hydrogen-bond donors (Lipinski definition) is 2. The minimum absolute atomic E-state index is 0.0138. The summed E-state index contributed by atoms with van der Waals surface area (Å²) in [5, 5.41) is 0.480. The van der Waals surface area contributed by atoms with Gasteiger partial charge < -0.3 is 0 Å². The Balaban J connectivity index is 2.21. The molecule has 0 saturated heterocycles. The molecule has 1 heterocycles. The molecule has 2 aromatic carbocycles. The number of amides is 1. The summed E-state index contributed by atoms with van der Waals surface area (Å²) in [5.41, 5.74) is 4.20. The predicted octanol–water partition coefficient (Wildman–Crippen LogP) is 2.39. The van der Waals surface area contributed by atoms with Gasteiger partial charge in [0.25, 0.3) is 5.91 Å². The number of nitrogens with one attached hydrogen (secondary N) is 1. The smallest absolute Gasteiger partial charge is 0.281 e. The van der Waals surface area contributed by atoms with Crippen molar-refractivity contribution < 1.29 is 9.18 Å². The van der Waals surface area contributed by atoms with Crippen molar-refractivity contribution in [2.24, 2.45) is 15.8 Å². The summed E-state index contributed by atoms with van der Waals surface area (Å²) < 4.78 is 13.7. The number of nitrogens with zero attached hydrogens (tertiary/aromatic N) is 2. The summed E-state index contributed by atoms with van der Waals surface area (Å²) in [6.07, 6.45) is 0. The van der Waals surface area contributed by atoms with Crippen molar-refractivity contribution in [3.63, 3.8) is 0 Å². The van der Waals surface area contributed by atoms with E-state index < -0.39 is 11.7 Å². The van der Waals surface area contributed by atoms with E-state index in [2.05, 4.69) is 9.98 Å². The molecule has 3 rings (SSSR count). The van der Waals surface area contributed by atoms with Crippen molar-refractivity contribution in [2.75, 3.05) is 6.54 Å². The van der Waals surface area contributed by atoms with Gasteiger partial charge in [-0.15, -0.1) is 0 Å². The Hall–Kier alpha value is -2.57. The molecular weight excluding hydrogens is 319 g/mol. The molecule has 0 aromatic heterocycles. The van der Waals surface area contributed by atoms with Crippen molar-refractivity contribution in [2.45, 2.75) is 0 Å². The van der Waals surface area contributed by atoms with E-state index in [9.17, 15) is 9.18 Å². The Kier molecular flexibility index (Phi) is 4.18. The highest BCUT2D eigenvalue weighted by Gasteiger charge is 2.21. The van der Waals surface area contributed by atoms with Gasteiger partial charge in [0.1, 0.15) is 11.5 Å². The molecule has 116 valence electrons. The number of nitrogens with two attached hydrogens (primary N) is 1. The van der Waals surface area contributed by atoms with Crippen LogP contribution in [0.25, 0.3) is 0 Å². The maximum absolute atomic E-state index is 13.7. The monoisotopic (exact) mass is 330 g/mol. The third-order valence-electron chi connectivity index (χ3n) is 3.38. The highest BCUT2D eigenvalue weighted by Crippen LogP contribution is 2.29. The lowest BCUT2D eigenvalue weighted by Gasteiger charge is -2.10. The first kappa shape index (κ1) is 15.3. The maximum Gasteiger partial charge on any atom is 0.281 e. The minimum Gasteiger partial charge on any atom is -0.289 e. The van der Waals surface area contributed by atoms with Gasteiger partial charge >= 0.3 is 0 Å². The van der Waals surface area contributed by atoms with Crippen LogP contribution in [-0.4, -0.2) is 23.9 Å². The summed E-state index contributed by atoms with van der Waals surface area (Å²) in [7, 11) is 0. The largest absolute Gasteiger partial charge is 0.289 e. The molecule has 23 heavy (non-hydrogen) atoms. The Morgan fingerprint density at radius 1 is 1.22 bits per heavy atom. The van der Waals surface area contributed by atoms with E-state index in [4.69, 9.17) is 17.4 Å². The van der Waals surface area contributed by atoms with Crippen molar-refractivity contribution >= 4 is 34.6 Å². The van der Waals surface area contributed by atoms with Crippen LogP contribution in [0.15, 0.2) is 52.4 Å². The van der Waals surface area contributed by atoms with E-state index >= 15 is 0 Å². The Labute approximate surface area is 136 Å². The summed E-state index contributed by atoms with van der Waals surface area (Å²) in [4.78, 5) is 20.4. The maximum atomic E-state index is 13.7. The average Bonchev–Trinajstić information content (AvgIpc) is 2.74. The summed E-state index contributed by atoms with van der Waals surface area (Å²) in [6.45, 7) is 0.0138. The second kappa shape index (κ2) is 6.28. The van der Waals surface area contributed by atoms with Crippen molar-refractivity contribution in [1.82, 2.24) is 5.43 Å². The zero-order chi connectivity index (χ0) is 16.4. The fourth-order valence-electron chi connectivity index (χ4n) is 2.30. The van der Waals surface area contributed by atoms with Crippen LogP contribution in [0.2, 0.25) is 5.02 Å². The fourth-order valence-corrected chi connectivity index (χ4v) is 2.53. The normalized spacial score (nSPS) is 13.5. The third-order valence-corrected chi connectivity index (χ3v) is 3.71. The Morgan fingerprint density at radius 2 is 2.00 bits per heavy atom. The van der Waals surface area contributed by atoms with Gasteiger partial charge in [0.2, 0.25) is 0 Å². The van der Waals surface area contributed by atoms with Crippen LogP contribution in [0.4, 0.5) is 10.1 Å². The van der Waals surface area contributed by atoms with Crippen LogP contribution in [0.5, 0.6) is 0 Å². The summed E-state index contributed by atoms with van der Waals surface area (Å²) in [6, 6.07) is 11.2. The van der Waals surface area contributed by atoms with Crippen LogP contribution in [0, 0.1) is 5.82 Å². The van der Waals surface area contributed by atoms with Crippen molar-refractivity contribution in [3.05, 3.63) is 64.4 Å². The van der Waals surface area contributed by atoms with E-state index in [1.165, 1.54) is 18.2 Å². The van der Waals surface area contributed by atoms with Gasteiger partial charge in [-0.05, 0) is 24.3 Å². The molecule has 0 atom stereocenters. The zero-order valence-electron chi connectivity index (χ0n) is 11.9. The number of rotatable bonds is 2. The number of carbonyl (C=O) groups is 1. The van der Waals surface area contributed by atoms with Crippen molar-refractivity contribution in [1.29, 1.82) is 0 Å². The molecule has 0 saturated carbocycles. The number of hydrogen-bond acceptors (Lipinski definition) is 4. The van der Waals surface area contributed by atoms with Gasteiger partial charge in [0, 0.05) is 16.1 Å². The van der Waals surface area contributed by atoms with Gasteiger partial charge in [0.15, 0.2) is 0 Å². The molecule has 1 aliphatic heterocycles. The highest BCUT2D eigenvalue weighted by molar-refractivity contribution is 6.41. The number of halogens is 2. The van der Waals surface area contributed by atoms with Crippen LogP contribution < -0.4 is 11.3 Å². The van der Waals surface area contributed by atoms with Gasteiger partial charge in [0.05, 0.1) is 17.9 Å². The molecule has 0 fully saturated rings. The molecule has 0 spiro atoms. The summed E-state index contributed by atoms with van der Waals surface area (Å²) in [5.74, 6) is 4.19. The molecule has 0 unspecified atom stereocenters. The lowest BCUT2D eigenvalue weighted by Crippen LogP contribution is -2.37. The van der Waals surface area contributed by atoms with Crippen LogP contribution in [0.3, 0.4) is 0 Å². The number of fused-ring (bicyclic) bond motifs is 1. The number of benzene rings is 2. The van der Waals surface area contributed by atoms with Crippen molar-refractivity contribution in [3.8, 4) is 0 Å². The molecule has 2 aromatic rings. The first-order chi connectivity index (χ1) is 11.1. The third kappa shape index (κ3) is 2.99. The Morgan fingerprint density at radius 3 is 2.74 bits per heavy atom. The van der Waals surface area contributed by atoms with Gasteiger partial charge in [-0.1, -0.05) is 29.8 Å². The standard InChI is InChI=1S/C16H12ClFN4O/c17-12-4-2-1-3-10(12)15-11-7-9(18)5-6-13(11)21-14(8-20-15)16(23)22-19/h1-7H,8,19H2,(H,22,23). The minimum atomic E-state index is -0.538. The molecule has 5 nitrogen and oxygen atoms in total. The van der Waals surface area contributed by atoms with E-state index in [0.29, 0.717) is 27.5 Å². The number of carbonyl (C=O) groups excluding carboxylic acids is 1. The second-order valence-electron chi connectivity index (χ2n) is 4.84. The van der Waals surface area contributed by atoms with Gasteiger partial charge in [-0.3, -0.25) is 15.2 Å². The predicted molar refractivity (Wildman–Crippen MR) is 87.8 cm³/mol. The fraction of sp³-hybridized carbons (Fsp3) is 0.0625. The number of hydrazine groups is 1. The average molecular weight is 331 g/mol. The van der Waals surface area contributed by atoms with Crippen LogP contribution in [0.1, 0.15) is 11.1 Å². The summed E-state index contributed by atoms with van der Waals surface area (Å²) >= 11 is 6.23. The molecule has 7 heteroatoms. The quantitative estimate of drug-likeness (QED) is 0.503. The Bertz CT molecular complexity index is 848. The van der Waals surface area contributed by atoms with E-state index in [1.807, 2.05) is 11.5 Å². The lowest BCUT2D eigenvalue weighted by atomic mass is 10.0. The SMILES string of the molecule is NNC(=O)C1=Nc2ccc(F)cc2C(c2ccccc2Cl)=NC1. The first-order valence-electron chi connectivity index (χ1n) is 6.78. The second-order valence-corrected chi connectivity index (χ2v) is 5.25. The first-order valence-corrected chi connectivity index (χ1v) is 7.15. The van der Waals surface area contributed by atoms with Gasteiger partial charge in [-0.2, -0.15) is 0 Å². The number of aliphatic imine (C=N–C) groups is 2. The molecule has 0 bridgehead atoms. The van der Waals surface area contributed by atoms with E-state index in [0.717, 1.165) is 0 Å². The molecular formula is C16H12ClFN4O. The molecule has 0 radical (unpaired) electrons. The zero-order valence-corrected chi connectivity index (χ0v) is 12.6. The molecule has 3 N–H and O–H groups in total. The highest BCUT2D eigenvalue weighted by atomic mass is 35.5. The molecule has 0 aliphatic carbocycles. The lowest BCUT2D eigenvalue weighted by molar-refractivity contribution is -0.114. The van der Waals surface area contributed by atoms with E-state index in [-0.39, 0.29) is 12.3 Å².